The number of rotatable bonds is 4. The first-order valence-corrected chi connectivity index (χ1v) is 9.72. The number of hydrogen-bond donors (Lipinski definition) is 2. The third-order valence-electron chi connectivity index (χ3n) is 5.87. The fraction of sp³-hybridized carbons (Fsp3) is 0.217. The summed E-state index contributed by atoms with van der Waals surface area (Å²) in [6.45, 7) is 0.914. The molecule has 1 fully saturated rings. The van der Waals surface area contributed by atoms with Crippen molar-refractivity contribution in [3.8, 4) is 11.5 Å². The molecule has 0 saturated heterocycles. The van der Waals surface area contributed by atoms with Crippen LogP contribution in [-0.4, -0.2) is 29.7 Å². The number of nitrogens with one attached hydrogen (secondary N) is 1. The van der Waals surface area contributed by atoms with Gasteiger partial charge in [0.2, 0.25) is 0 Å². The first-order chi connectivity index (χ1) is 14.5. The molecule has 6 nitrogen and oxygen atoms in total. The zero-order valence-electron chi connectivity index (χ0n) is 16.4. The SMILES string of the molecule is COc1cc(C(=O)Nc2ccc(N3CC4(CC4)c4ccccc43)nc2)cc(F)c1O. The summed E-state index contributed by atoms with van der Waals surface area (Å²) in [5.74, 6) is -1.35. The molecule has 1 aliphatic carbocycles. The van der Waals surface area contributed by atoms with E-state index in [1.165, 1.54) is 37.3 Å². The summed E-state index contributed by atoms with van der Waals surface area (Å²) >= 11 is 0. The highest BCUT2D eigenvalue weighted by Crippen LogP contribution is 2.57. The minimum atomic E-state index is -0.922. The van der Waals surface area contributed by atoms with Crippen LogP contribution in [0.25, 0.3) is 0 Å². The molecule has 2 N–H and O–H groups in total. The number of halogens is 1. The molecule has 1 aliphatic heterocycles. The van der Waals surface area contributed by atoms with Gasteiger partial charge in [-0.3, -0.25) is 4.79 Å². The van der Waals surface area contributed by atoms with Crippen LogP contribution in [0.5, 0.6) is 11.5 Å². The molecule has 0 unspecified atom stereocenters. The molecule has 2 aliphatic rings. The van der Waals surface area contributed by atoms with Gasteiger partial charge in [0.15, 0.2) is 17.3 Å². The lowest BCUT2D eigenvalue weighted by atomic mass is 9.99. The maximum atomic E-state index is 13.8. The van der Waals surface area contributed by atoms with Crippen molar-refractivity contribution in [2.75, 3.05) is 23.9 Å². The Balaban J connectivity index is 1.35. The summed E-state index contributed by atoms with van der Waals surface area (Å²) < 4.78 is 18.7. The molecule has 5 rings (SSSR count). The number of hydrogen-bond acceptors (Lipinski definition) is 5. The largest absolute Gasteiger partial charge is 0.502 e. The van der Waals surface area contributed by atoms with Crippen LogP contribution in [0.15, 0.2) is 54.7 Å². The maximum absolute atomic E-state index is 13.8. The van der Waals surface area contributed by atoms with Gasteiger partial charge in [-0.05, 0) is 48.7 Å². The summed E-state index contributed by atoms with van der Waals surface area (Å²) in [4.78, 5) is 19.2. The Hall–Kier alpha value is -3.61. The molecule has 0 bridgehead atoms. The zero-order chi connectivity index (χ0) is 20.9. The van der Waals surface area contributed by atoms with Crippen LogP contribution >= 0.6 is 0 Å². The number of ether oxygens (including phenoxy) is 1. The number of nitrogens with zero attached hydrogens (tertiary/aromatic N) is 2. The second kappa shape index (κ2) is 6.73. The fourth-order valence-corrected chi connectivity index (χ4v) is 4.10. The highest BCUT2D eigenvalue weighted by atomic mass is 19.1. The summed E-state index contributed by atoms with van der Waals surface area (Å²) in [7, 11) is 1.29. The number of aromatic nitrogens is 1. The number of phenolic OH excluding ortho intramolecular Hbond substituents is 1. The van der Waals surface area contributed by atoms with Crippen molar-refractivity contribution in [2.24, 2.45) is 0 Å². The van der Waals surface area contributed by atoms with Crippen molar-refractivity contribution in [1.82, 2.24) is 4.98 Å². The topological polar surface area (TPSA) is 74.7 Å². The van der Waals surface area contributed by atoms with Gasteiger partial charge in [-0.15, -0.1) is 0 Å². The van der Waals surface area contributed by atoms with Gasteiger partial charge in [0.05, 0.1) is 19.0 Å². The molecule has 0 radical (unpaired) electrons. The van der Waals surface area contributed by atoms with Gasteiger partial charge in [0.25, 0.3) is 5.91 Å². The van der Waals surface area contributed by atoms with Gasteiger partial charge in [0.1, 0.15) is 5.82 Å². The second-order valence-electron chi connectivity index (χ2n) is 7.75. The van der Waals surface area contributed by atoms with Gasteiger partial charge in [-0.25, -0.2) is 9.37 Å². The molecular formula is C23H20FN3O3. The quantitative estimate of drug-likeness (QED) is 0.674. The van der Waals surface area contributed by atoms with Crippen LogP contribution < -0.4 is 15.0 Å². The Bertz CT molecular complexity index is 1140. The molecule has 2 aromatic carbocycles. The standard InChI is InChI=1S/C23H20FN3O3/c1-30-19-11-14(10-17(24)21(19)28)22(29)26-15-6-7-20(25-12-15)27-13-23(8-9-23)16-4-2-3-5-18(16)27/h2-7,10-12,28H,8-9,13H2,1H3,(H,26,29). The number of benzene rings is 2. The molecule has 30 heavy (non-hydrogen) atoms. The number of carbonyl (C=O) groups excluding carboxylic acids is 1. The molecule has 3 aromatic rings. The van der Waals surface area contributed by atoms with Crippen molar-refractivity contribution in [3.63, 3.8) is 0 Å². The van der Waals surface area contributed by atoms with Gasteiger partial charge in [-0.2, -0.15) is 0 Å². The Morgan fingerprint density at radius 3 is 2.73 bits per heavy atom. The Kier molecular flexibility index (Phi) is 4.13. The van der Waals surface area contributed by atoms with Crippen LogP contribution in [0.1, 0.15) is 28.8 Å². The first kappa shape index (κ1) is 18.4. The lowest BCUT2D eigenvalue weighted by molar-refractivity contribution is 0.102. The van der Waals surface area contributed by atoms with Gasteiger partial charge < -0.3 is 20.1 Å². The van der Waals surface area contributed by atoms with E-state index < -0.39 is 17.5 Å². The van der Waals surface area contributed by atoms with Gasteiger partial charge in [0, 0.05) is 23.2 Å². The average Bonchev–Trinajstić information content (AvgIpc) is 3.47. The highest BCUT2D eigenvalue weighted by Gasteiger charge is 2.51. The van der Waals surface area contributed by atoms with E-state index in [4.69, 9.17) is 4.74 Å². The van der Waals surface area contributed by atoms with E-state index in [9.17, 15) is 14.3 Å². The van der Waals surface area contributed by atoms with Crippen LogP contribution in [0.3, 0.4) is 0 Å². The number of aromatic hydroxyl groups is 1. The van der Waals surface area contributed by atoms with Crippen LogP contribution in [0.2, 0.25) is 0 Å². The summed E-state index contributed by atoms with van der Waals surface area (Å²) in [6.07, 6.45) is 3.98. The lowest BCUT2D eigenvalue weighted by Gasteiger charge is -2.19. The Labute approximate surface area is 172 Å². The molecule has 0 atom stereocenters. The minimum Gasteiger partial charge on any atom is -0.502 e. The highest BCUT2D eigenvalue weighted by molar-refractivity contribution is 6.04. The number of para-hydroxylation sites is 1. The molecule has 1 spiro atoms. The molecule has 1 saturated carbocycles. The zero-order valence-corrected chi connectivity index (χ0v) is 16.4. The van der Waals surface area contributed by atoms with Crippen molar-refractivity contribution < 1.29 is 19.0 Å². The van der Waals surface area contributed by atoms with Crippen molar-refractivity contribution in [2.45, 2.75) is 18.3 Å². The van der Waals surface area contributed by atoms with Crippen molar-refractivity contribution >= 4 is 23.1 Å². The number of carbonyl (C=O) groups is 1. The average molecular weight is 405 g/mol. The predicted octanol–water partition coefficient (Wildman–Crippen LogP) is 4.37. The molecule has 1 aromatic heterocycles. The fourth-order valence-electron chi connectivity index (χ4n) is 4.10. The third-order valence-corrected chi connectivity index (χ3v) is 5.87. The van der Waals surface area contributed by atoms with Crippen molar-refractivity contribution in [1.29, 1.82) is 0 Å². The third kappa shape index (κ3) is 2.94. The van der Waals surface area contributed by atoms with E-state index in [1.54, 1.807) is 12.3 Å². The van der Waals surface area contributed by atoms with E-state index in [0.717, 1.165) is 18.4 Å². The summed E-state index contributed by atoms with van der Waals surface area (Å²) in [5, 5.41) is 12.3. The van der Waals surface area contributed by atoms with Crippen LogP contribution in [0.4, 0.5) is 21.6 Å². The molecule has 152 valence electrons. The molecule has 7 heteroatoms. The lowest BCUT2D eigenvalue weighted by Crippen LogP contribution is -2.20. The maximum Gasteiger partial charge on any atom is 0.255 e. The van der Waals surface area contributed by atoms with Crippen molar-refractivity contribution in [3.05, 3.63) is 71.7 Å². The minimum absolute atomic E-state index is 0.0374. The smallest absolute Gasteiger partial charge is 0.255 e. The van der Waals surface area contributed by atoms with E-state index in [1.807, 2.05) is 12.1 Å². The van der Waals surface area contributed by atoms with Crippen LogP contribution in [-0.2, 0) is 5.41 Å². The molecular weight excluding hydrogens is 385 g/mol. The summed E-state index contributed by atoms with van der Waals surface area (Å²) in [6, 6.07) is 14.3. The monoisotopic (exact) mass is 405 g/mol. The van der Waals surface area contributed by atoms with E-state index in [0.29, 0.717) is 5.69 Å². The van der Waals surface area contributed by atoms with E-state index >= 15 is 0 Å². The number of fused-ring (bicyclic) bond motifs is 2. The number of anilines is 3. The van der Waals surface area contributed by atoms with Gasteiger partial charge in [-0.1, -0.05) is 18.2 Å². The predicted molar refractivity (Wildman–Crippen MR) is 111 cm³/mol. The first-order valence-electron chi connectivity index (χ1n) is 9.72. The van der Waals surface area contributed by atoms with Crippen LogP contribution in [0, 0.1) is 5.82 Å². The summed E-state index contributed by atoms with van der Waals surface area (Å²) in [5.41, 5.74) is 3.35. The van der Waals surface area contributed by atoms with E-state index in [-0.39, 0.29) is 16.7 Å². The normalized spacial score (nSPS) is 15.7. The number of pyridine rings is 1. The van der Waals surface area contributed by atoms with Gasteiger partial charge >= 0.3 is 0 Å². The number of phenols is 1. The number of methoxy groups -OCH3 is 1. The van der Waals surface area contributed by atoms with E-state index in [2.05, 4.69) is 33.4 Å². The second-order valence-corrected chi connectivity index (χ2v) is 7.75. The Morgan fingerprint density at radius 2 is 2.03 bits per heavy atom. The molecule has 2 heterocycles. The Morgan fingerprint density at radius 1 is 1.23 bits per heavy atom. The molecule has 1 amide bonds. The number of amides is 1.